The minimum atomic E-state index is -0.700. The summed E-state index contributed by atoms with van der Waals surface area (Å²) in [6.07, 6.45) is 5.11. The molecule has 5 rings (SSSR count). The molecule has 2 aliphatic rings. The maximum atomic E-state index is 12.3. The first-order valence-electron chi connectivity index (χ1n) is 12.7. The predicted octanol–water partition coefficient (Wildman–Crippen LogP) is 3.90. The number of nitrogens with one attached hydrogen (secondary N) is 2. The number of primary amides is 1. The number of urea groups is 1. The lowest BCUT2D eigenvalue weighted by Gasteiger charge is -2.20. The predicted molar refractivity (Wildman–Crippen MR) is 144 cm³/mol. The van der Waals surface area contributed by atoms with Gasteiger partial charge in [0.2, 0.25) is 0 Å². The van der Waals surface area contributed by atoms with Gasteiger partial charge in [0.1, 0.15) is 30.0 Å². The van der Waals surface area contributed by atoms with Crippen LogP contribution in [0.4, 0.5) is 10.5 Å². The summed E-state index contributed by atoms with van der Waals surface area (Å²) in [4.78, 5) is 30.9. The number of amides is 3. The Labute approximate surface area is 225 Å². The molecule has 0 radical (unpaired) electrons. The number of nitrogens with zero attached hydrogens (tertiary/aromatic N) is 2. The topological polar surface area (TPSA) is 139 Å². The lowest BCUT2D eigenvalue weighted by molar-refractivity contribution is 0.0748. The van der Waals surface area contributed by atoms with Gasteiger partial charge in [-0.15, -0.1) is 0 Å². The highest BCUT2D eigenvalue weighted by atomic mass is 35.5. The van der Waals surface area contributed by atoms with Gasteiger partial charge in [-0.1, -0.05) is 11.6 Å². The van der Waals surface area contributed by atoms with Crippen LogP contribution in [-0.2, 0) is 0 Å². The molecule has 5 N–H and O–H groups in total. The first-order valence-corrected chi connectivity index (χ1v) is 13.0. The van der Waals surface area contributed by atoms with Crippen LogP contribution in [0.2, 0.25) is 5.02 Å². The Morgan fingerprint density at radius 1 is 1.16 bits per heavy atom. The van der Waals surface area contributed by atoms with Gasteiger partial charge in [-0.3, -0.25) is 9.78 Å². The highest BCUT2D eigenvalue weighted by molar-refractivity contribution is 6.33. The monoisotopic (exact) mass is 539 g/mol. The Hall–Kier alpha value is -3.60. The number of halogens is 1. The molecule has 3 aromatic rings. The Balaban J connectivity index is 1.32. The fourth-order valence-corrected chi connectivity index (χ4v) is 4.63. The van der Waals surface area contributed by atoms with Gasteiger partial charge in [0.15, 0.2) is 0 Å². The van der Waals surface area contributed by atoms with Gasteiger partial charge >= 0.3 is 6.03 Å². The van der Waals surface area contributed by atoms with Crippen molar-refractivity contribution in [3.8, 4) is 17.2 Å². The molecule has 200 valence electrons. The van der Waals surface area contributed by atoms with Crippen LogP contribution in [0.1, 0.15) is 36.0 Å². The van der Waals surface area contributed by atoms with Crippen LogP contribution in [0.5, 0.6) is 17.2 Å². The normalized spacial score (nSPS) is 16.3. The van der Waals surface area contributed by atoms with E-state index >= 15 is 0 Å². The summed E-state index contributed by atoms with van der Waals surface area (Å²) in [6, 6.07) is 9.70. The van der Waals surface area contributed by atoms with E-state index in [4.69, 9.17) is 26.8 Å². The van der Waals surface area contributed by atoms with Gasteiger partial charge in [0, 0.05) is 36.3 Å². The Bertz CT molecular complexity index is 1340. The molecule has 1 atom stereocenters. The van der Waals surface area contributed by atoms with E-state index in [9.17, 15) is 14.7 Å². The quantitative estimate of drug-likeness (QED) is 0.306. The number of β-amino-alcohol motifs (C(OH)–C–C–N with tert-alkyl or cyclic N) is 1. The molecular formula is C27H30ClN5O5. The lowest BCUT2D eigenvalue weighted by Crippen LogP contribution is -2.33. The van der Waals surface area contributed by atoms with Gasteiger partial charge in [0.25, 0.3) is 5.91 Å². The van der Waals surface area contributed by atoms with Crippen molar-refractivity contribution in [3.63, 3.8) is 0 Å². The summed E-state index contributed by atoms with van der Waals surface area (Å²) in [5.41, 5.74) is 6.79. The number of ether oxygens (including phenoxy) is 2. The fraction of sp³-hybridized carbons (Fsp3) is 0.370. The number of carbonyl (C=O) groups excluding carboxylic acids is 2. The second-order valence-corrected chi connectivity index (χ2v) is 10.0. The molecule has 11 heteroatoms. The first-order chi connectivity index (χ1) is 18.4. The van der Waals surface area contributed by atoms with Crippen molar-refractivity contribution in [3.05, 3.63) is 53.2 Å². The Kier molecular flexibility index (Phi) is 7.82. The molecule has 2 aromatic carbocycles. The Morgan fingerprint density at radius 3 is 2.66 bits per heavy atom. The maximum absolute atomic E-state index is 12.3. The number of benzene rings is 2. The average Bonchev–Trinajstić information content (AvgIpc) is 3.55. The number of aliphatic hydroxyl groups is 1. The minimum absolute atomic E-state index is 0.0238. The highest BCUT2D eigenvalue weighted by Gasteiger charge is 2.23. The van der Waals surface area contributed by atoms with Crippen molar-refractivity contribution in [2.75, 3.05) is 31.6 Å². The molecule has 1 saturated heterocycles. The number of aliphatic hydroxyl groups excluding tert-OH is 1. The van der Waals surface area contributed by atoms with Gasteiger partial charge in [-0.25, -0.2) is 4.79 Å². The van der Waals surface area contributed by atoms with Crippen LogP contribution >= 0.6 is 11.6 Å². The second kappa shape index (κ2) is 11.4. The molecule has 2 fully saturated rings. The first kappa shape index (κ1) is 26.0. The summed E-state index contributed by atoms with van der Waals surface area (Å²) in [5, 5.41) is 16.8. The molecule has 1 aliphatic heterocycles. The molecular weight excluding hydrogens is 510 g/mol. The number of fused-ring (bicyclic) bond motifs is 1. The van der Waals surface area contributed by atoms with E-state index in [1.54, 1.807) is 42.6 Å². The van der Waals surface area contributed by atoms with Gasteiger partial charge in [-0.2, -0.15) is 0 Å². The molecule has 0 unspecified atom stereocenters. The van der Waals surface area contributed by atoms with Crippen molar-refractivity contribution in [1.29, 1.82) is 0 Å². The van der Waals surface area contributed by atoms with Crippen molar-refractivity contribution in [2.45, 2.75) is 37.8 Å². The number of rotatable bonds is 10. The van der Waals surface area contributed by atoms with Crippen LogP contribution in [0.25, 0.3) is 10.9 Å². The molecule has 2 heterocycles. The van der Waals surface area contributed by atoms with E-state index in [1.807, 2.05) is 0 Å². The molecule has 0 bridgehead atoms. The minimum Gasteiger partial charge on any atom is -0.490 e. The number of nitrogens with two attached hydrogens (primary N) is 1. The summed E-state index contributed by atoms with van der Waals surface area (Å²) in [5.74, 6) is 0.440. The number of aromatic nitrogens is 1. The number of hydrogen-bond acceptors (Lipinski definition) is 7. The third-order valence-corrected chi connectivity index (χ3v) is 6.81. The zero-order valence-corrected chi connectivity index (χ0v) is 21.5. The van der Waals surface area contributed by atoms with Crippen molar-refractivity contribution in [1.82, 2.24) is 15.2 Å². The van der Waals surface area contributed by atoms with Crippen LogP contribution < -0.4 is 25.8 Å². The number of anilines is 1. The largest absolute Gasteiger partial charge is 0.490 e. The summed E-state index contributed by atoms with van der Waals surface area (Å²) in [6.45, 7) is 2.47. The second-order valence-electron chi connectivity index (χ2n) is 9.63. The summed E-state index contributed by atoms with van der Waals surface area (Å²) in [7, 11) is 0. The van der Waals surface area contributed by atoms with Crippen LogP contribution in [-0.4, -0.2) is 65.3 Å². The number of hydrogen-bond donors (Lipinski definition) is 4. The molecule has 0 spiro atoms. The van der Waals surface area contributed by atoms with E-state index < -0.39 is 12.0 Å². The van der Waals surface area contributed by atoms with Crippen LogP contribution in [0.3, 0.4) is 0 Å². The Morgan fingerprint density at radius 2 is 1.95 bits per heavy atom. The molecule has 3 amide bonds. The maximum Gasteiger partial charge on any atom is 0.319 e. The zero-order chi connectivity index (χ0) is 26.6. The van der Waals surface area contributed by atoms with Crippen molar-refractivity contribution in [2.24, 2.45) is 5.73 Å². The molecule has 10 nitrogen and oxygen atoms in total. The average molecular weight is 540 g/mol. The van der Waals surface area contributed by atoms with Crippen molar-refractivity contribution >= 4 is 40.1 Å². The van der Waals surface area contributed by atoms with Crippen molar-refractivity contribution < 1.29 is 24.2 Å². The van der Waals surface area contributed by atoms with E-state index in [2.05, 4.69) is 20.5 Å². The molecule has 1 saturated carbocycles. The van der Waals surface area contributed by atoms with E-state index in [0.717, 1.165) is 38.8 Å². The standard InChI is InChI=1S/C27H30ClN5O5/c28-21-11-18(5-6-22(21)32-27(36)31-16-3-4-16)38-24-7-8-30-23-13-25(20(26(29)35)12-19(23)24)37-15-17(34)14-33-9-1-2-10-33/h5-8,11-13,16-17,34H,1-4,9-10,14-15H2,(H2,29,35)(H2,31,32,36)/t17-/m0/s1. The highest BCUT2D eigenvalue weighted by Crippen LogP contribution is 2.35. The molecule has 1 aliphatic carbocycles. The third-order valence-electron chi connectivity index (χ3n) is 6.50. The smallest absolute Gasteiger partial charge is 0.319 e. The third kappa shape index (κ3) is 6.45. The number of carbonyl (C=O) groups is 2. The van der Waals surface area contributed by atoms with E-state index in [1.165, 1.54) is 0 Å². The van der Waals surface area contributed by atoms with Gasteiger partial charge in [-0.05, 0) is 63.0 Å². The van der Waals surface area contributed by atoms with Crippen LogP contribution in [0.15, 0.2) is 42.6 Å². The van der Waals surface area contributed by atoms with E-state index in [0.29, 0.717) is 39.7 Å². The van der Waals surface area contributed by atoms with Gasteiger partial charge in [0.05, 0.1) is 21.8 Å². The fourth-order valence-electron chi connectivity index (χ4n) is 4.41. The summed E-state index contributed by atoms with van der Waals surface area (Å²) >= 11 is 6.38. The van der Waals surface area contributed by atoms with E-state index in [-0.39, 0.29) is 30.0 Å². The van der Waals surface area contributed by atoms with Crippen LogP contribution in [0, 0.1) is 0 Å². The number of likely N-dealkylation sites (tertiary alicyclic amines) is 1. The summed E-state index contributed by atoms with van der Waals surface area (Å²) < 4.78 is 11.9. The lowest BCUT2D eigenvalue weighted by atomic mass is 10.1. The SMILES string of the molecule is NC(=O)c1cc2c(Oc3ccc(NC(=O)NC4CC4)c(Cl)c3)ccnc2cc1OC[C@@H](O)CN1CCCC1. The molecule has 1 aromatic heterocycles. The number of pyridine rings is 1. The zero-order valence-electron chi connectivity index (χ0n) is 20.8. The van der Waals surface area contributed by atoms with Gasteiger partial charge < -0.3 is 35.8 Å². The molecule has 38 heavy (non-hydrogen) atoms.